The second kappa shape index (κ2) is 2.30. The molecule has 0 aromatic carbocycles. The van der Waals surface area contributed by atoms with Crippen molar-refractivity contribution in [2.75, 3.05) is 6.61 Å². The number of carbonyl (C=O) groups is 2. The highest BCUT2D eigenvalue weighted by atomic mass is 16.6. The molecule has 0 amide bonds. The maximum atomic E-state index is 12.4. The Morgan fingerprint density at radius 2 is 2.41 bits per heavy atom. The molecular formula is C13H14O4. The van der Waals surface area contributed by atoms with Crippen LogP contribution in [0.15, 0.2) is 0 Å². The summed E-state index contributed by atoms with van der Waals surface area (Å²) in [7, 11) is 0. The van der Waals surface area contributed by atoms with E-state index in [1.807, 2.05) is 6.92 Å². The summed E-state index contributed by atoms with van der Waals surface area (Å²) >= 11 is 0. The van der Waals surface area contributed by atoms with Crippen LogP contribution in [0.25, 0.3) is 0 Å². The fraction of sp³-hybridized carbons (Fsp3) is 0.846. The Morgan fingerprint density at radius 3 is 3.18 bits per heavy atom. The highest BCUT2D eigenvalue weighted by Gasteiger charge is 2.91. The van der Waals surface area contributed by atoms with Crippen molar-refractivity contribution in [2.24, 2.45) is 35.0 Å². The van der Waals surface area contributed by atoms with Crippen LogP contribution >= 0.6 is 0 Å². The van der Waals surface area contributed by atoms with E-state index in [9.17, 15) is 9.59 Å². The summed E-state index contributed by atoms with van der Waals surface area (Å²) in [6.45, 7) is 2.22. The Balaban J connectivity index is 1.73. The molecule has 0 radical (unpaired) electrons. The van der Waals surface area contributed by atoms with E-state index in [1.165, 1.54) is 0 Å². The van der Waals surface area contributed by atoms with Crippen LogP contribution in [-0.4, -0.2) is 30.6 Å². The molecule has 2 heterocycles. The first-order valence-corrected chi connectivity index (χ1v) is 6.59. The molecule has 4 heteroatoms. The molecule has 6 rings (SSSR count). The minimum Gasteiger partial charge on any atom is -0.465 e. The third-order valence-corrected chi connectivity index (χ3v) is 6.13. The SMILES string of the molecule is CCOC(=O)[C@]12[C@@H]3C[C@H]4[C@H]5[C@@H]3O[C@@H]1[C@H]5C(=O)[C@H]42. The first-order chi connectivity index (χ1) is 8.22. The molecule has 0 spiro atoms. The smallest absolute Gasteiger partial charge is 0.315 e. The molecule has 90 valence electrons. The molecule has 0 unspecified atom stereocenters. The van der Waals surface area contributed by atoms with Gasteiger partial charge in [-0.15, -0.1) is 0 Å². The lowest BCUT2D eigenvalue weighted by atomic mass is 9.60. The van der Waals surface area contributed by atoms with Crippen LogP contribution < -0.4 is 0 Å². The molecule has 0 aromatic heterocycles. The van der Waals surface area contributed by atoms with Crippen molar-refractivity contribution in [3.05, 3.63) is 0 Å². The summed E-state index contributed by atoms with van der Waals surface area (Å²) in [4.78, 5) is 24.7. The van der Waals surface area contributed by atoms with Gasteiger partial charge >= 0.3 is 5.97 Å². The number of esters is 1. The monoisotopic (exact) mass is 234 g/mol. The summed E-state index contributed by atoms with van der Waals surface area (Å²) in [5, 5.41) is 0. The molecule has 6 aliphatic rings. The molecule has 4 saturated carbocycles. The Labute approximate surface area is 98.6 Å². The topological polar surface area (TPSA) is 52.6 Å². The molecular weight excluding hydrogens is 220 g/mol. The average Bonchev–Trinajstić information content (AvgIpc) is 2.98. The second-order valence-corrected chi connectivity index (χ2v) is 6.16. The fourth-order valence-corrected chi connectivity index (χ4v) is 6.06. The predicted octanol–water partition coefficient (Wildman–Crippen LogP) is 0.398. The van der Waals surface area contributed by atoms with Crippen LogP contribution in [0, 0.1) is 35.0 Å². The van der Waals surface area contributed by atoms with Crippen molar-refractivity contribution in [3.63, 3.8) is 0 Å². The number of ketones is 1. The minimum atomic E-state index is -0.568. The third-order valence-electron chi connectivity index (χ3n) is 6.13. The first kappa shape index (κ1) is 9.09. The van der Waals surface area contributed by atoms with Gasteiger partial charge in [-0.1, -0.05) is 0 Å². The van der Waals surface area contributed by atoms with Crippen molar-refractivity contribution in [2.45, 2.75) is 25.6 Å². The maximum absolute atomic E-state index is 12.4. The molecule has 4 aliphatic carbocycles. The summed E-state index contributed by atoms with van der Waals surface area (Å²) in [5.41, 5.74) is -0.568. The van der Waals surface area contributed by atoms with Gasteiger partial charge in [0.2, 0.25) is 0 Å². The standard InChI is InChI=1S/C13H14O4/c1-2-16-12(15)13-5-3-4-6-7(9(14)8(4)13)11(13)17-10(5)6/h4-8,10-11H,2-3H2,1H3/t4-,5+,6+,7+,8-,10+,11+,13-/m0/s1. The Morgan fingerprint density at radius 1 is 1.59 bits per heavy atom. The van der Waals surface area contributed by atoms with E-state index in [0.29, 0.717) is 24.2 Å². The van der Waals surface area contributed by atoms with Crippen LogP contribution in [0.2, 0.25) is 0 Å². The van der Waals surface area contributed by atoms with Gasteiger partial charge in [0.1, 0.15) is 11.2 Å². The van der Waals surface area contributed by atoms with E-state index >= 15 is 0 Å². The molecule has 4 nitrogen and oxygen atoms in total. The van der Waals surface area contributed by atoms with Crippen LogP contribution in [0.4, 0.5) is 0 Å². The van der Waals surface area contributed by atoms with Gasteiger partial charge in [0.05, 0.1) is 24.7 Å². The van der Waals surface area contributed by atoms with E-state index in [-0.39, 0.29) is 35.9 Å². The van der Waals surface area contributed by atoms with Crippen molar-refractivity contribution in [1.82, 2.24) is 0 Å². The molecule has 2 aliphatic heterocycles. The number of rotatable bonds is 2. The fourth-order valence-electron chi connectivity index (χ4n) is 6.06. The Kier molecular flexibility index (Phi) is 1.23. The van der Waals surface area contributed by atoms with Crippen LogP contribution in [0.3, 0.4) is 0 Å². The average molecular weight is 234 g/mol. The predicted molar refractivity (Wildman–Crippen MR) is 54.8 cm³/mol. The van der Waals surface area contributed by atoms with E-state index in [1.54, 1.807) is 0 Å². The number of ether oxygens (including phenoxy) is 2. The lowest BCUT2D eigenvalue weighted by Crippen LogP contribution is -2.51. The quantitative estimate of drug-likeness (QED) is 0.649. The van der Waals surface area contributed by atoms with Gasteiger partial charge < -0.3 is 9.47 Å². The van der Waals surface area contributed by atoms with Crippen molar-refractivity contribution in [1.29, 1.82) is 0 Å². The number of carbonyl (C=O) groups excluding carboxylic acids is 2. The van der Waals surface area contributed by atoms with E-state index in [0.717, 1.165) is 6.42 Å². The van der Waals surface area contributed by atoms with Gasteiger partial charge in [0.15, 0.2) is 0 Å². The zero-order valence-corrected chi connectivity index (χ0v) is 9.59. The molecule has 6 bridgehead atoms. The van der Waals surface area contributed by atoms with Gasteiger partial charge in [0, 0.05) is 17.8 Å². The van der Waals surface area contributed by atoms with Crippen molar-refractivity contribution < 1.29 is 19.1 Å². The summed E-state index contributed by atoms with van der Waals surface area (Å²) < 4.78 is 11.3. The number of hydrogen-bond acceptors (Lipinski definition) is 4. The van der Waals surface area contributed by atoms with Crippen LogP contribution in [0.1, 0.15) is 13.3 Å². The van der Waals surface area contributed by atoms with Gasteiger partial charge in [-0.2, -0.15) is 0 Å². The van der Waals surface area contributed by atoms with Crippen LogP contribution in [0.5, 0.6) is 0 Å². The second-order valence-electron chi connectivity index (χ2n) is 6.16. The Bertz CT molecular complexity index is 472. The molecule has 0 aromatic rings. The van der Waals surface area contributed by atoms with Gasteiger partial charge in [-0.3, -0.25) is 9.59 Å². The van der Waals surface area contributed by atoms with Crippen molar-refractivity contribution in [3.8, 4) is 0 Å². The molecule has 8 atom stereocenters. The van der Waals surface area contributed by atoms with E-state index < -0.39 is 5.41 Å². The summed E-state index contributed by atoms with van der Waals surface area (Å²) in [6, 6.07) is 0. The summed E-state index contributed by atoms with van der Waals surface area (Å²) in [5.74, 6) is 1.25. The molecule has 17 heavy (non-hydrogen) atoms. The highest BCUT2D eigenvalue weighted by Crippen LogP contribution is 2.82. The van der Waals surface area contributed by atoms with Crippen LogP contribution in [-0.2, 0) is 19.1 Å². The van der Waals surface area contributed by atoms with E-state index in [4.69, 9.17) is 9.47 Å². The van der Waals surface area contributed by atoms with Gasteiger partial charge in [-0.05, 0) is 19.3 Å². The summed E-state index contributed by atoms with van der Waals surface area (Å²) in [6.07, 6.45) is 1.05. The zero-order valence-electron chi connectivity index (χ0n) is 9.59. The largest absolute Gasteiger partial charge is 0.465 e. The number of hydrogen-bond donors (Lipinski definition) is 0. The third kappa shape index (κ3) is 0.593. The first-order valence-electron chi connectivity index (χ1n) is 6.59. The molecule has 2 saturated heterocycles. The zero-order chi connectivity index (χ0) is 11.5. The van der Waals surface area contributed by atoms with E-state index in [2.05, 4.69) is 0 Å². The normalized spacial score (nSPS) is 63.4. The Hall–Kier alpha value is -0.900. The highest BCUT2D eigenvalue weighted by molar-refractivity contribution is 6.01. The number of Topliss-reactive ketones (excluding diaryl/α,β-unsaturated/α-hetero) is 1. The molecule has 0 N–H and O–H groups in total. The lowest BCUT2D eigenvalue weighted by Gasteiger charge is -2.38. The lowest BCUT2D eigenvalue weighted by molar-refractivity contribution is -0.164. The van der Waals surface area contributed by atoms with Gasteiger partial charge in [0.25, 0.3) is 0 Å². The maximum Gasteiger partial charge on any atom is 0.315 e. The van der Waals surface area contributed by atoms with Gasteiger partial charge in [-0.25, -0.2) is 0 Å². The van der Waals surface area contributed by atoms with Crippen molar-refractivity contribution >= 4 is 11.8 Å². The molecule has 6 fully saturated rings. The minimum absolute atomic E-state index is 0.0261.